The number of rotatable bonds is 10. The van der Waals surface area contributed by atoms with E-state index >= 15 is 0 Å². The van der Waals surface area contributed by atoms with Crippen molar-refractivity contribution in [1.82, 2.24) is 10.0 Å². The lowest BCUT2D eigenvalue weighted by molar-refractivity contribution is -0.152. The van der Waals surface area contributed by atoms with Gasteiger partial charge in [-0.3, -0.25) is 19.6 Å². The van der Waals surface area contributed by atoms with Crippen LogP contribution in [0.2, 0.25) is 0 Å². The van der Waals surface area contributed by atoms with Crippen LogP contribution >= 0.6 is 11.9 Å². The third-order valence-electron chi connectivity index (χ3n) is 5.37. The molecule has 10 heteroatoms. The first kappa shape index (κ1) is 24.6. The highest BCUT2D eigenvalue weighted by molar-refractivity contribution is 7.98. The Kier molecular flexibility index (Phi) is 8.70. The SMILES string of the molecule is NC(=O)NSc1ccc(-c2cccc(CN[C@@H](CO)C(=O)OC3CCCC3)c2)cc1C(N)=O. The standard InChI is InChI=1S/C23H28N4O5S/c24-21(29)18-11-16(8-9-20(18)33-27-23(25)31)15-5-3-4-14(10-15)12-26-19(13-28)22(30)32-17-6-1-2-7-17/h3-5,8-11,17,19,26,28H,1-2,6-7,12-13H2,(H2,24,29)(H3,25,27,31)/t19-/m0/s1. The van der Waals surface area contributed by atoms with Crippen LogP contribution in [0.5, 0.6) is 0 Å². The van der Waals surface area contributed by atoms with Gasteiger partial charge in [-0.15, -0.1) is 0 Å². The highest BCUT2D eigenvalue weighted by Gasteiger charge is 2.24. The van der Waals surface area contributed by atoms with E-state index in [1.54, 1.807) is 18.2 Å². The summed E-state index contributed by atoms with van der Waals surface area (Å²) in [4.78, 5) is 35.7. The molecule has 9 nitrogen and oxygen atoms in total. The minimum atomic E-state index is -0.801. The van der Waals surface area contributed by atoms with Gasteiger partial charge in [0.25, 0.3) is 0 Å². The molecule has 0 spiro atoms. The lowest BCUT2D eigenvalue weighted by atomic mass is 10.0. The van der Waals surface area contributed by atoms with Crippen LogP contribution in [0.15, 0.2) is 47.4 Å². The van der Waals surface area contributed by atoms with Crippen molar-refractivity contribution in [1.29, 1.82) is 0 Å². The molecule has 1 aliphatic rings. The average molecular weight is 473 g/mol. The van der Waals surface area contributed by atoms with Gasteiger partial charge in [-0.2, -0.15) is 0 Å². The maximum absolute atomic E-state index is 12.3. The Balaban J connectivity index is 1.69. The fourth-order valence-corrected chi connectivity index (χ4v) is 4.29. The summed E-state index contributed by atoms with van der Waals surface area (Å²) in [5, 5.41) is 12.7. The molecule has 2 aromatic carbocycles. The van der Waals surface area contributed by atoms with Crippen LogP contribution in [-0.2, 0) is 16.1 Å². The lowest BCUT2D eigenvalue weighted by Gasteiger charge is -2.19. The molecule has 0 radical (unpaired) electrons. The summed E-state index contributed by atoms with van der Waals surface area (Å²) in [6.07, 6.45) is 3.79. The van der Waals surface area contributed by atoms with Crippen LogP contribution < -0.4 is 21.5 Å². The van der Waals surface area contributed by atoms with Gasteiger partial charge in [-0.25, -0.2) is 4.79 Å². The lowest BCUT2D eigenvalue weighted by Crippen LogP contribution is -2.41. The Bertz CT molecular complexity index is 1010. The van der Waals surface area contributed by atoms with Crippen LogP contribution in [0.3, 0.4) is 0 Å². The normalized spacial score (nSPS) is 14.6. The molecule has 1 aliphatic carbocycles. The highest BCUT2D eigenvalue weighted by atomic mass is 32.2. The van der Waals surface area contributed by atoms with Crippen LogP contribution in [0.25, 0.3) is 11.1 Å². The zero-order valence-electron chi connectivity index (χ0n) is 18.1. The predicted molar refractivity (Wildman–Crippen MR) is 125 cm³/mol. The van der Waals surface area contributed by atoms with E-state index in [1.165, 1.54) is 0 Å². The second-order valence-electron chi connectivity index (χ2n) is 7.80. The number of amides is 3. The first-order chi connectivity index (χ1) is 15.9. The van der Waals surface area contributed by atoms with Crippen molar-refractivity contribution in [3.05, 3.63) is 53.6 Å². The summed E-state index contributed by atoms with van der Waals surface area (Å²) in [5.41, 5.74) is 13.3. The van der Waals surface area contributed by atoms with E-state index in [1.807, 2.05) is 24.3 Å². The molecule has 0 aromatic heterocycles. The van der Waals surface area contributed by atoms with Crippen molar-refractivity contribution < 1.29 is 24.2 Å². The largest absolute Gasteiger partial charge is 0.461 e. The molecule has 1 fully saturated rings. The molecular weight excluding hydrogens is 444 g/mol. The van der Waals surface area contributed by atoms with E-state index < -0.39 is 23.9 Å². The smallest absolute Gasteiger partial charge is 0.325 e. The second-order valence-corrected chi connectivity index (χ2v) is 8.65. The number of carbonyl (C=O) groups is 3. The zero-order chi connectivity index (χ0) is 23.8. The number of esters is 1. The number of carbonyl (C=O) groups excluding carboxylic acids is 3. The number of urea groups is 1. The summed E-state index contributed by atoms with van der Waals surface area (Å²) in [5.74, 6) is -1.07. The molecule has 7 N–H and O–H groups in total. The van der Waals surface area contributed by atoms with Gasteiger partial charge in [0.05, 0.1) is 12.2 Å². The summed E-state index contributed by atoms with van der Waals surface area (Å²) >= 11 is 0.915. The van der Waals surface area contributed by atoms with Gasteiger partial charge in [-0.05, 0) is 72.5 Å². The molecule has 2 aromatic rings. The van der Waals surface area contributed by atoms with Crippen LogP contribution in [-0.4, -0.2) is 41.8 Å². The molecule has 0 aliphatic heterocycles. The van der Waals surface area contributed by atoms with Crippen molar-refractivity contribution in [3.63, 3.8) is 0 Å². The zero-order valence-corrected chi connectivity index (χ0v) is 18.9. The number of hydrogen-bond donors (Lipinski definition) is 5. The van der Waals surface area contributed by atoms with Gasteiger partial charge >= 0.3 is 12.0 Å². The summed E-state index contributed by atoms with van der Waals surface area (Å²) in [6.45, 7) is -0.0103. The van der Waals surface area contributed by atoms with Crippen LogP contribution in [0, 0.1) is 0 Å². The topological polar surface area (TPSA) is 157 Å². The van der Waals surface area contributed by atoms with Gasteiger partial charge in [0.2, 0.25) is 5.91 Å². The molecule has 3 amide bonds. The van der Waals surface area contributed by atoms with Crippen LogP contribution in [0.4, 0.5) is 4.79 Å². The van der Waals surface area contributed by atoms with E-state index in [0.717, 1.165) is 54.3 Å². The van der Waals surface area contributed by atoms with Gasteiger partial charge in [0, 0.05) is 11.4 Å². The quantitative estimate of drug-likeness (QED) is 0.262. The Labute approximate surface area is 196 Å². The fourth-order valence-electron chi connectivity index (χ4n) is 3.67. The van der Waals surface area contributed by atoms with Crippen molar-refractivity contribution in [2.75, 3.05) is 6.61 Å². The minimum Gasteiger partial charge on any atom is -0.461 e. The van der Waals surface area contributed by atoms with Gasteiger partial charge in [0.1, 0.15) is 12.1 Å². The molecule has 33 heavy (non-hydrogen) atoms. The minimum absolute atomic E-state index is 0.0598. The van der Waals surface area contributed by atoms with E-state index in [9.17, 15) is 19.5 Å². The number of hydrogen-bond acceptors (Lipinski definition) is 7. The molecule has 0 saturated heterocycles. The maximum Gasteiger partial charge on any atom is 0.325 e. The molecule has 176 valence electrons. The van der Waals surface area contributed by atoms with E-state index in [4.69, 9.17) is 16.2 Å². The Morgan fingerprint density at radius 2 is 1.82 bits per heavy atom. The van der Waals surface area contributed by atoms with Crippen molar-refractivity contribution >= 4 is 29.9 Å². The van der Waals surface area contributed by atoms with Gasteiger partial charge < -0.3 is 21.3 Å². The van der Waals surface area contributed by atoms with Crippen molar-refractivity contribution in [2.45, 2.75) is 49.3 Å². The van der Waals surface area contributed by atoms with E-state index in [0.29, 0.717) is 11.4 Å². The molecule has 0 bridgehead atoms. The molecule has 0 unspecified atom stereocenters. The molecule has 1 atom stereocenters. The van der Waals surface area contributed by atoms with Crippen LogP contribution in [0.1, 0.15) is 41.6 Å². The predicted octanol–water partition coefficient (Wildman–Crippen LogP) is 2.06. The van der Waals surface area contributed by atoms with E-state index in [-0.39, 0.29) is 18.3 Å². The summed E-state index contributed by atoms with van der Waals surface area (Å²) < 4.78 is 7.86. The van der Waals surface area contributed by atoms with Gasteiger partial charge in [-0.1, -0.05) is 24.3 Å². The number of ether oxygens (including phenoxy) is 1. The molecule has 1 saturated carbocycles. The number of benzene rings is 2. The maximum atomic E-state index is 12.3. The third-order valence-corrected chi connectivity index (χ3v) is 6.25. The number of nitrogens with two attached hydrogens (primary N) is 2. The fraction of sp³-hybridized carbons (Fsp3) is 0.348. The summed E-state index contributed by atoms with van der Waals surface area (Å²) in [6, 6.07) is 11.2. The molecule has 0 heterocycles. The Hall–Kier alpha value is -3.08. The molecule has 3 rings (SSSR count). The van der Waals surface area contributed by atoms with Crippen molar-refractivity contribution in [2.24, 2.45) is 11.5 Å². The number of aliphatic hydroxyl groups excluding tert-OH is 1. The summed E-state index contributed by atoms with van der Waals surface area (Å²) in [7, 11) is 0. The first-order valence-corrected chi connectivity index (χ1v) is 11.5. The monoisotopic (exact) mass is 472 g/mol. The highest BCUT2D eigenvalue weighted by Crippen LogP contribution is 2.28. The second kappa shape index (κ2) is 11.7. The Morgan fingerprint density at radius 3 is 2.48 bits per heavy atom. The third kappa shape index (κ3) is 6.95. The first-order valence-electron chi connectivity index (χ1n) is 10.7. The van der Waals surface area contributed by atoms with Crippen molar-refractivity contribution in [3.8, 4) is 11.1 Å². The van der Waals surface area contributed by atoms with Gasteiger partial charge in [0.15, 0.2) is 0 Å². The molecular formula is C23H28N4O5S. The Morgan fingerprint density at radius 1 is 1.09 bits per heavy atom. The van der Waals surface area contributed by atoms with E-state index in [2.05, 4.69) is 10.0 Å². The number of nitrogens with one attached hydrogen (secondary N) is 2. The number of primary amides is 2. The average Bonchev–Trinajstić information content (AvgIpc) is 3.31. The number of aliphatic hydroxyl groups is 1.